The van der Waals surface area contributed by atoms with E-state index in [1.165, 1.54) is 14.7 Å². The maximum Gasteiger partial charge on any atom is 0.317 e. The highest BCUT2D eigenvalue weighted by molar-refractivity contribution is 14.1. The first-order valence-electron chi connectivity index (χ1n) is 12.3. The number of amides is 3. The largest absolute Gasteiger partial charge is 0.338 e. The topological polar surface area (TPSA) is 84.9 Å². The van der Waals surface area contributed by atoms with Gasteiger partial charge in [-0.15, -0.1) is 0 Å². The highest BCUT2D eigenvalue weighted by Gasteiger charge is 2.28. The van der Waals surface area contributed by atoms with Crippen LogP contribution in [0.15, 0.2) is 75.9 Å². The molecule has 1 saturated heterocycles. The Morgan fingerprint density at radius 2 is 1.71 bits per heavy atom. The predicted molar refractivity (Wildman–Crippen MR) is 147 cm³/mol. The number of nitrogens with zero attached hydrogens (tertiary/aromatic N) is 2. The van der Waals surface area contributed by atoms with E-state index in [-0.39, 0.29) is 18.0 Å². The third-order valence-corrected chi connectivity index (χ3v) is 6.87. The molecule has 2 aliphatic rings. The molecular formula is C27H35IN4O3. The molecule has 1 fully saturated rings. The highest BCUT2D eigenvalue weighted by Crippen LogP contribution is 2.32. The number of allylic oxidation sites excluding steroid dienone is 6. The van der Waals surface area contributed by atoms with Crippen molar-refractivity contribution in [2.24, 2.45) is 0 Å². The van der Waals surface area contributed by atoms with Crippen LogP contribution in [-0.4, -0.2) is 59.7 Å². The minimum atomic E-state index is -0.350. The predicted octanol–water partition coefficient (Wildman–Crippen LogP) is 4.88. The van der Waals surface area contributed by atoms with Gasteiger partial charge in [0, 0.05) is 42.7 Å². The van der Waals surface area contributed by atoms with E-state index in [1.807, 2.05) is 11.0 Å². The molecular weight excluding hydrogens is 555 g/mol. The standard InChI is InChI=1S/C27H35IN4O3/c28-24-14-8-4-7-13-23(21-24)26(22-11-5-3-6-12-22)31-17-19-32(20-18-31)27(34)29-16-10-2-1-9-15-25(33)30-35/h3-8,11-14,21,26,35H,1-2,9-10,15-20H2,(H,29,34)(H,30,33)/b7-4?,8-4+,13-7-,14-8?,23-13?,23-21+,24-14-,24-21?. The van der Waals surface area contributed by atoms with Gasteiger partial charge >= 0.3 is 6.03 Å². The number of benzene rings is 1. The average molecular weight is 591 g/mol. The first kappa shape index (κ1) is 27.2. The molecule has 188 valence electrons. The summed E-state index contributed by atoms with van der Waals surface area (Å²) in [6.45, 7) is 3.63. The molecule has 3 N–H and O–H groups in total. The summed E-state index contributed by atoms with van der Waals surface area (Å²) in [6.07, 6.45) is 16.5. The van der Waals surface area contributed by atoms with Crippen molar-refractivity contribution in [2.45, 2.75) is 38.1 Å². The van der Waals surface area contributed by atoms with Gasteiger partial charge in [0.25, 0.3) is 0 Å². The molecule has 1 heterocycles. The molecule has 3 amide bonds. The van der Waals surface area contributed by atoms with Gasteiger partial charge in [0.2, 0.25) is 5.91 Å². The fraction of sp³-hybridized carbons (Fsp3) is 0.407. The Labute approximate surface area is 221 Å². The zero-order valence-corrected chi connectivity index (χ0v) is 22.2. The molecule has 0 radical (unpaired) electrons. The van der Waals surface area contributed by atoms with E-state index in [0.717, 1.165) is 38.8 Å². The van der Waals surface area contributed by atoms with Crippen LogP contribution in [-0.2, 0) is 4.79 Å². The molecule has 1 aliphatic carbocycles. The van der Waals surface area contributed by atoms with Gasteiger partial charge in [-0.1, -0.05) is 67.5 Å². The average Bonchev–Trinajstić information content (AvgIpc) is 2.87. The van der Waals surface area contributed by atoms with E-state index in [4.69, 9.17) is 5.21 Å². The Kier molecular flexibility index (Phi) is 11.5. The molecule has 0 aromatic heterocycles. The van der Waals surface area contributed by atoms with E-state index in [1.54, 1.807) is 5.48 Å². The SMILES string of the molecule is O=C(CCCCCCNC(=O)N1CCN(C(C2=C/C(I)=C/C=C/C=C\2)c2ccccc2)CC1)NO. The lowest BCUT2D eigenvalue weighted by molar-refractivity contribution is -0.129. The molecule has 8 heteroatoms. The first-order chi connectivity index (χ1) is 17.1. The van der Waals surface area contributed by atoms with Crippen molar-refractivity contribution in [3.05, 3.63) is 81.5 Å². The lowest BCUT2D eigenvalue weighted by atomic mass is 9.94. The van der Waals surface area contributed by atoms with E-state index in [9.17, 15) is 9.59 Å². The summed E-state index contributed by atoms with van der Waals surface area (Å²) in [7, 11) is 0. The normalized spacial score (nSPS) is 21.9. The van der Waals surface area contributed by atoms with Crippen LogP contribution in [0.25, 0.3) is 0 Å². The summed E-state index contributed by atoms with van der Waals surface area (Å²) in [5.41, 5.74) is 4.15. The number of urea groups is 1. The molecule has 3 rings (SSSR count). The van der Waals surface area contributed by atoms with Gasteiger partial charge in [0.15, 0.2) is 0 Å². The van der Waals surface area contributed by atoms with Crippen molar-refractivity contribution in [2.75, 3.05) is 32.7 Å². The zero-order chi connectivity index (χ0) is 24.9. The zero-order valence-electron chi connectivity index (χ0n) is 20.0. The van der Waals surface area contributed by atoms with Crippen LogP contribution in [0.1, 0.15) is 43.7 Å². The van der Waals surface area contributed by atoms with Crippen molar-refractivity contribution >= 4 is 34.5 Å². The van der Waals surface area contributed by atoms with Gasteiger partial charge in [-0.05, 0) is 58.7 Å². The number of hydroxylamine groups is 1. The summed E-state index contributed by atoms with van der Waals surface area (Å²) < 4.78 is 1.19. The Morgan fingerprint density at radius 1 is 0.971 bits per heavy atom. The number of rotatable bonds is 10. The number of piperazine rings is 1. The van der Waals surface area contributed by atoms with Crippen molar-refractivity contribution in [1.82, 2.24) is 20.6 Å². The van der Waals surface area contributed by atoms with Gasteiger partial charge in [0.1, 0.15) is 0 Å². The van der Waals surface area contributed by atoms with Crippen molar-refractivity contribution in [1.29, 1.82) is 0 Å². The molecule has 1 aromatic rings. The van der Waals surface area contributed by atoms with Crippen LogP contribution in [0.4, 0.5) is 4.79 Å². The smallest absolute Gasteiger partial charge is 0.317 e. The number of hydrogen-bond acceptors (Lipinski definition) is 4. The molecule has 1 aromatic carbocycles. The lowest BCUT2D eigenvalue weighted by Crippen LogP contribution is -2.52. The van der Waals surface area contributed by atoms with E-state index >= 15 is 0 Å². The molecule has 0 saturated carbocycles. The van der Waals surface area contributed by atoms with Gasteiger partial charge in [-0.25, -0.2) is 10.3 Å². The minimum absolute atomic E-state index is 0.00625. The quantitative estimate of drug-likeness (QED) is 0.157. The molecule has 1 atom stereocenters. The van der Waals surface area contributed by atoms with Crippen LogP contribution in [0, 0.1) is 0 Å². The lowest BCUT2D eigenvalue weighted by Gasteiger charge is -2.40. The Bertz CT molecular complexity index is 950. The molecule has 7 nitrogen and oxygen atoms in total. The van der Waals surface area contributed by atoms with Gasteiger partial charge in [0.05, 0.1) is 6.04 Å². The molecule has 0 spiro atoms. The molecule has 1 unspecified atom stereocenters. The monoisotopic (exact) mass is 590 g/mol. The maximum absolute atomic E-state index is 12.7. The molecule has 35 heavy (non-hydrogen) atoms. The minimum Gasteiger partial charge on any atom is -0.338 e. The van der Waals surface area contributed by atoms with Crippen LogP contribution >= 0.6 is 22.6 Å². The van der Waals surface area contributed by atoms with Crippen LogP contribution in [0.5, 0.6) is 0 Å². The number of unbranched alkanes of at least 4 members (excludes halogenated alkanes) is 3. The van der Waals surface area contributed by atoms with E-state index < -0.39 is 0 Å². The van der Waals surface area contributed by atoms with Crippen LogP contribution < -0.4 is 10.8 Å². The summed E-state index contributed by atoms with van der Waals surface area (Å²) in [5, 5.41) is 11.5. The van der Waals surface area contributed by atoms with Gasteiger partial charge in [-0.2, -0.15) is 0 Å². The summed E-state index contributed by atoms with van der Waals surface area (Å²) in [5.74, 6) is -0.350. The summed E-state index contributed by atoms with van der Waals surface area (Å²) in [6, 6.07) is 10.7. The number of carbonyl (C=O) groups is 2. The van der Waals surface area contributed by atoms with E-state index in [2.05, 4.69) is 93.5 Å². The van der Waals surface area contributed by atoms with Crippen LogP contribution in [0.2, 0.25) is 0 Å². The number of nitrogens with one attached hydrogen (secondary N) is 2. The second-order valence-electron chi connectivity index (χ2n) is 8.71. The second-order valence-corrected chi connectivity index (χ2v) is 9.95. The van der Waals surface area contributed by atoms with Crippen molar-refractivity contribution < 1.29 is 14.8 Å². The Hall–Kier alpha value is -2.43. The number of hydrogen-bond donors (Lipinski definition) is 3. The Morgan fingerprint density at radius 3 is 2.46 bits per heavy atom. The number of halogens is 1. The van der Waals surface area contributed by atoms with Gasteiger partial charge in [-0.3, -0.25) is 14.9 Å². The maximum atomic E-state index is 12.7. The fourth-order valence-electron chi connectivity index (χ4n) is 4.36. The van der Waals surface area contributed by atoms with Crippen molar-refractivity contribution in [3.8, 4) is 0 Å². The van der Waals surface area contributed by atoms with Crippen LogP contribution in [0.3, 0.4) is 0 Å². The fourth-order valence-corrected chi connectivity index (χ4v) is 4.93. The third kappa shape index (κ3) is 8.94. The summed E-state index contributed by atoms with van der Waals surface area (Å²) >= 11 is 2.37. The third-order valence-electron chi connectivity index (χ3n) is 6.20. The molecule has 0 bridgehead atoms. The second kappa shape index (κ2) is 14.9. The molecule has 1 aliphatic heterocycles. The first-order valence-corrected chi connectivity index (χ1v) is 13.3. The highest BCUT2D eigenvalue weighted by atomic mass is 127. The number of carbonyl (C=O) groups excluding carboxylic acids is 2. The summed E-state index contributed by atoms with van der Waals surface area (Å²) in [4.78, 5) is 28.0. The van der Waals surface area contributed by atoms with Crippen molar-refractivity contribution in [3.63, 3.8) is 0 Å². The van der Waals surface area contributed by atoms with E-state index in [0.29, 0.717) is 26.1 Å². The Balaban J connectivity index is 1.51. The van der Waals surface area contributed by atoms with Gasteiger partial charge < -0.3 is 10.2 Å².